The summed E-state index contributed by atoms with van der Waals surface area (Å²) < 4.78 is 42.7. The van der Waals surface area contributed by atoms with Gasteiger partial charge in [-0.3, -0.25) is 4.68 Å². The highest BCUT2D eigenvalue weighted by molar-refractivity contribution is 5.49. The zero-order valence-corrected chi connectivity index (χ0v) is 10.5. The number of nitrogens with zero attached hydrogens (tertiary/aromatic N) is 3. The highest BCUT2D eigenvalue weighted by Crippen LogP contribution is 2.27. The molecular formula is C13H10F3N3O. The summed E-state index contributed by atoms with van der Waals surface area (Å²) in [4.78, 5) is 0. The van der Waals surface area contributed by atoms with E-state index in [4.69, 9.17) is 10.00 Å². The minimum Gasteiger partial charge on any atom is -0.453 e. The lowest BCUT2D eigenvalue weighted by molar-refractivity contribution is -0.142. The molecule has 104 valence electrons. The Morgan fingerprint density at radius 3 is 2.80 bits per heavy atom. The van der Waals surface area contributed by atoms with Gasteiger partial charge in [0, 0.05) is 0 Å². The van der Waals surface area contributed by atoms with Crippen LogP contribution in [0, 0.1) is 18.3 Å². The van der Waals surface area contributed by atoms with E-state index in [1.165, 1.54) is 6.20 Å². The molecule has 2 aromatic rings. The Morgan fingerprint density at radius 1 is 1.40 bits per heavy atom. The van der Waals surface area contributed by atoms with Gasteiger partial charge in [-0.2, -0.15) is 23.5 Å². The van der Waals surface area contributed by atoms with Crippen LogP contribution in [0.5, 0.6) is 11.5 Å². The van der Waals surface area contributed by atoms with Crippen molar-refractivity contribution in [3.63, 3.8) is 0 Å². The molecule has 20 heavy (non-hydrogen) atoms. The molecule has 0 radical (unpaired) electrons. The zero-order chi connectivity index (χ0) is 14.8. The Labute approximate surface area is 113 Å². The molecule has 0 amide bonds. The van der Waals surface area contributed by atoms with Crippen LogP contribution in [0.3, 0.4) is 0 Å². The lowest BCUT2D eigenvalue weighted by Crippen LogP contribution is -2.17. The van der Waals surface area contributed by atoms with Crippen molar-refractivity contribution in [3.05, 3.63) is 41.7 Å². The Morgan fingerprint density at radius 2 is 2.15 bits per heavy atom. The van der Waals surface area contributed by atoms with Crippen molar-refractivity contribution in [2.75, 3.05) is 0 Å². The monoisotopic (exact) mass is 281 g/mol. The number of benzene rings is 1. The standard InChI is InChI=1S/C13H10F3N3O/c1-9-3-2-4-12(11(9)5-17)20-10-6-18-19(7-10)8-13(14,15)16/h2-4,6-7H,8H2,1H3. The molecule has 0 saturated carbocycles. The van der Waals surface area contributed by atoms with Gasteiger partial charge >= 0.3 is 6.18 Å². The summed E-state index contributed by atoms with van der Waals surface area (Å²) in [5.74, 6) is 0.440. The van der Waals surface area contributed by atoms with Gasteiger partial charge < -0.3 is 4.74 Å². The van der Waals surface area contributed by atoms with E-state index < -0.39 is 12.7 Å². The Hall–Kier alpha value is -2.49. The number of aryl methyl sites for hydroxylation is 1. The number of aromatic nitrogens is 2. The Kier molecular flexibility index (Phi) is 3.66. The molecule has 0 aliphatic heterocycles. The third kappa shape index (κ3) is 3.29. The fourth-order valence-electron chi connectivity index (χ4n) is 1.66. The fourth-order valence-corrected chi connectivity index (χ4v) is 1.66. The van der Waals surface area contributed by atoms with Gasteiger partial charge in [-0.1, -0.05) is 12.1 Å². The van der Waals surface area contributed by atoms with E-state index in [1.54, 1.807) is 25.1 Å². The van der Waals surface area contributed by atoms with E-state index in [2.05, 4.69) is 5.10 Å². The minimum atomic E-state index is -4.34. The molecule has 1 heterocycles. The van der Waals surface area contributed by atoms with E-state index in [-0.39, 0.29) is 5.75 Å². The maximum Gasteiger partial charge on any atom is 0.408 e. The quantitative estimate of drug-likeness (QED) is 0.866. The number of alkyl halides is 3. The molecule has 0 spiro atoms. The second-order valence-electron chi connectivity index (χ2n) is 4.15. The molecule has 0 bridgehead atoms. The SMILES string of the molecule is Cc1cccc(Oc2cnn(CC(F)(F)F)c2)c1C#N. The summed E-state index contributed by atoms with van der Waals surface area (Å²) in [5, 5.41) is 12.6. The van der Waals surface area contributed by atoms with Crippen molar-refractivity contribution in [3.8, 4) is 17.6 Å². The normalized spacial score (nSPS) is 11.2. The molecule has 0 aliphatic carbocycles. The predicted molar refractivity (Wildman–Crippen MR) is 64.3 cm³/mol. The third-order valence-electron chi connectivity index (χ3n) is 2.53. The highest BCUT2D eigenvalue weighted by atomic mass is 19.4. The number of nitriles is 1. The Balaban J connectivity index is 2.20. The summed E-state index contributed by atoms with van der Waals surface area (Å²) in [7, 11) is 0. The number of halogens is 3. The molecule has 0 fully saturated rings. The van der Waals surface area contributed by atoms with Crippen LogP contribution in [0.1, 0.15) is 11.1 Å². The summed E-state index contributed by atoms with van der Waals surface area (Å²) >= 11 is 0. The van der Waals surface area contributed by atoms with Crippen LogP contribution in [-0.4, -0.2) is 16.0 Å². The summed E-state index contributed by atoms with van der Waals surface area (Å²) in [6, 6.07) is 7.02. The van der Waals surface area contributed by atoms with E-state index in [0.717, 1.165) is 16.4 Å². The topological polar surface area (TPSA) is 50.8 Å². The fraction of sp³-hybridized carbons (Fsp3) is 0.231. The van der Waals surface area contributed by atoms with E-state index in [1.807, 2.05) is 6.07 Å². The third-order valence-corrected chi connectivity index (χ3v) is 2.53. The van der Waals surface area contributed by atoms with Gasteiger partial charge in [-0.05, 0) is 18.6 Å². The summed E-state index contributed by atoms with van der Waals surface area (Å²) in [6.07, 6.45) is -2.03. The molecule has 0 atom stereocenters. The smallest absolute Gasteiger partial charge is 0.408 e. The molecule has 0 N–H and O–H groups in total. The van der Waals surface area contributed by atoms with Crippen LogP contribution in [0.4, 0.5) is 13.2 Å². The van der Waals surface area contributed by atoms with Gasteiger partial charge in [0.2, 0.25) is 0 Å². The van der Waals surface area contributed by atoms with Crippen LogP contribution in [0.25, 0.3) is 0 Å². The zero-order valence-electron chi connectivity index (χ0n) is 10.5. The van der Waals surface area contributed by atoms with Crippen LogP contribution >= 0.6 is 0 Å². The van der Waals surface area contributed by atoms with E-state index in [0.29, 0.717) is 11.3 Å². The van der Waals surface area contributed by atoms with Crippen LogP contribution < -0.4 is 4.74 Å². The molecule has 1 aromatic heterocycles. The molecule has 7 heteroatoms. The molecule has 4 nitrogen and oxygen atoms in total. The van der Waals surface area contributed by atoms with Gasteiger partial charge in [-0.15, -0.1) is 0 Å². The van der Waals surface area contributed by atoms with Crippen LogP contribution in [-0.2, 0) is 6.54 Å². The van der Waals surface area contributed by atoms with Crippen molar-refractivity contribution in [1.29, 1.82) is 5.26 Å². The van der Waals surface area contributed by atoms with Gasteiger partial charge in [0.05, 0.1) is 18.0 Å². The minimum absolute atomic E-state index is 0.149. The number of hydrogen-bond acceptors (Lipinski definition) is 3. The van der Waals surface area contributed by atoms with Crippen molar-refractivity contribution < 1.29 is 17.9 Å². The first-order valence-electron chi connectivity index (χ1n) is 5.66. The lowest BCUT2D eigenvalue weighted by Gasteiger charge is -2.07. The van der Waals surface area contributed by atoms with Gasteiger partial charge in [0.25, 0.3) is 0 Å². The first kappa shape index (κ1) is 13.9. The van der Waals surface area contributed by atoms with Gasteiger partial charge in [0.15, 0.2) is 5.75 Å². The van der Waals surface area contributed by atoms with E-state index in [9.17, 15) is 13.2 Å². The number of ether oxygens (including phenoxy) is 1. The largest absolute Gasteiger partial charge is 0.453 e. The number of rotatable bonds is 3. The second-order valence-corrected chi connectivity index (χ2v) is 4.15. The average molecular weight is 281 g/mol. The molecule has 1 aromatic carbocycles. The molecule has 0 unspecified atom stereocenters. The molecule has 0 saturated heterocycles. The second kappa shape index (κ2) is 5.25. The van der Waals surface area contributed by atoms with Gasteiger partial charge in [0.1, 0.15) is 18.4 Å². The maximum absolute atomic E-state index is 12.2. The average Bonchev–Trinajstić information content (AvgIpc) is 2.74. The first-order chi connectivity index (χ1) is 9.39. The highest BCUT2D eigenvalue weighted by Gasteiger charge is 2.28. The Bertz CT molecular complexity index is 656. The lowest BCUT2D eigenvalue weighted by atomic mass is 10.1. The summed E-state index contributed by atoms with van der Waals surface area (Å²) in [5.41, 5.74) is 1.07. The first-order valence-corrected chi connectivity index (χ1v) is 5.66. The molecular weight excluding hydrogens is 271 g/mol. The van der Waals surface area contributed by atoms with Gasteiger partial charge in [-0.25, -0.2) is 0 Å². The number of hydrogen-bond donors (Lipinski definition) is 0. The predicted octanol–water partition coefficient (Wildman–Crippen LogP) is 3.42. The van der Waals surface area contributed by atoms with Crippen LogP contribution in [0.2, 0.25) is 0 Å². The molecule has 2 rings (SSSR count). The summed E-state index contributed by atoms with van der Waals surface area (Å²) in [6.45, 7) is 0.563. The molecule has 0 aliphatic rings. The van der Waals surface area contributed by atoms with Crippen molar-refractivity contribution in [2.45, 2.75) is 19.6 Å². The van der Waals surface area contributed by atoms with Crippen molar-refractivity contribution in [1.82, 2.24) is 9.78 Å². The van der Waals surface area contributed by atoms with Crippen molar-refractivity contribution in [2.24, 2.45) is 0 Å². The van der Waals surface area contributed by atoms with E-state index >= 15 is 0 Å². The van der Waals surface area contributed by atoms with Crippen molar-refractivity contribution >= 4 is 0 Å². The maximum atomic E-state index is 12.2. The van der Waals surface area contributed by atoms with Crippen LogP contribution in [0.15, 0.2) is 30.6 Å².